The number of rotatable bonds is 4. The van der Waals surface area contributed by atoms with Crippen LogP contribution in [0.25, 0.3) is 6.08 Å². The van der Waals surface area contributed by atoms with Gasteiger partial charge in [0.2, 0.25) is 5.91 Å². The molecular formula is C15H13BrN2O3S. The predicted molar refractivity (Wildman–Crippen MR) is 91.1 cm³/mol. The van der Waals surface area contributed by atoms with Gasteiger partial charge < -0.3 is 10.1 Å². The van der Waals surface area contributed by atoms with E-state index in [4.69, 9.17) is 17.0 Å². The third-order valence-corrected chi connectivity index (χ3v) is 3.60. The molecule has 1 aromatic rings. The van der Waals surface area contributed by atoms with Crippen LogP contribution >= 0.6 is 28.1 Å². The summed E-state index contributed by atoms with van der Waals surface area (Å²) in [5, 5.41) is 2.82. The van der Waals surface area contributed by atoms with Crippen LogP contribution in [0.4, 0.5) is 0 Å². The summed E-state index contributed by atoms with van der Waals surface area (Å²) in [7, 11) is 0. The molecule has 0 bridgehead atoms. The molecule has 5 nitrogen and oxygen atoms in total. The van der Waals surface area contributed by atoms with E-state index in [1.807, 2.05) is 6.07 Å². The minimum Gasteiger partial charge on any atom is -0.489 e. The molecule has 7 heteroatoms. The van der Waals surface area contributed by atoms with Crippen molar-refractivity contribution in [3.8, 4) is 5.75 Å². The van der Waals surface area contributed by atoms with Crippen LogP contribution in [-0.2, 0) is 9.59 Å². The first-order valence-electron chi connectivity index (χ1n) is 6.35. The van der Waals surface area contributed by atoms with Gasteiger partial charge in [0.25, 0.3) is 5.91 Å². The molecule has 1 fully saturated rings. The first kappa shape index (κ1) is 16.4. The van der Waals surface area contributed by atoms with Crippen molar-refractivity contribution in [1.29, 1.82) is 0 Å². The topological polar surface area (TPSA) is 58.6 Å². The summed E-state index contributed by atoms with van der Waals surface area (Å²) in [4.78, 5) is 24.5. The van der Waals surface area contributed by atoms with Crippen molar-refractivity contribution in [3.63, 3.8) is 0 Å². The Kier molecular flexibility index (Phi) is 5.10. The smallest absolute Gasteiger partial charge is 0.283 e. The van der Waals surface area contributed by atoms with Crippen LogP contribution in [0.5, 0.6) is 5.75 Å². The number of nitrogens with zero attached hydrogens (tertiary/aromatic N) is 1. The number of benzene rings is 1. The van der Waals surface area contributed by atoms with Crippen molar-refractivity contribution >= 4 is 51.2 Å². The van der Waals surface area contributed by atoms with E-state index in [1.54, 1.807) is 24.3 Å². The van der Waals surface area contributed by atoms with Crippen molar-refractivity contribution in [2.45, 2.75) is 6.92 Å². The summed E-state index contributed by atoms with van der Waals surface area (Å²) in [6, 6.07) is 5.41. The van der Waals surface area contributed by atoms with E-state index >= 15 is 0 Å². The van der Waals surface area contributed by atoms with E-state index in [2.05, 4.69) is 27.8 Å². The SMILES string of the molecule is C=CCOc1ccc(Br)cc1/C=C1/NC(=S)N(C(C)=O)C1=O. The van der Waals surface area contributed by atoms with Crippen LogP contribution < -0.4 is 10.1 Å². The van der Waals surface area contributed by atoms with Crippen molar-refractivity contribution < 1.29 is 14.3 Å². The first-order valence-corrected chi connectivity index (χ1v) is 7.55. The molecule has 1 aliphatic heterocycles. The van der Waals surface area contributed by atoms with Crippen LogP contribution in [0.2, 0.25) is 0 Å². The van der Waals surface area contributed by atoms with Crippen LogP contribution in [-0.4, -0.2) is 28.4 Å². The molecule has 0 unspecified atom stereocenters. The first-order chi connectivity index (χ1) is 10.4. The third-order valence-electron chi connectivity index (χ3n) is 2.82. The third kappa shape index (κ3) is 3.42. The molecule has 2 amide bonds. The Morgan fingerprint density at radius 3 is 2.86 bits per heavy atom. The summed E-state index contributed by atoms with van der Waals surface area (Å²) < 4.78 is 6.39. The molecule has 114 valence electrons. The van der Waals surface area contributed by atoms with Gasteiger partial charge in [-0.15, -0.1) is 0 Å². The summed E-state index contributed by atoms with van der Waals surface area (Å²) in [6.45, 7) is 5.23. The van der Waals surface area contributed by atoms with E-state index in [0.717, 1.165) is 9.37 Å². The number of thiocarbonyl (C=S) groups is 1. The molecular weight excluding hydrogens is 368 g/mol. The molecule has 1 N–H and O–H groups in total. The number of hydrogen-bond acceptors (Lipinski definition) is 4. The Bertz CT molecular complexity index is 700. The van der Waals surface area contributed by atoms with Gasteiger partial charge >= 0.3 is 0 Å². The van der Waals surface area contributed by atoms with E-state index in [1.165, 1.54) is 6.92 Å². The van der Waals surface area contributed by atoms with Crippen LogP contribution in [0, 0.1) is 0 Å². The van der Waals surface area contributed by atoms with E-state index in [-0.39, 0.29) is 10.8 Å². The fourth-order valence-corrected chi connectivity index (χ4v) is 2.59. The van der Waals surface area contributed by atoms with Gasteiger partial charge in [-0.3, -0.25) is 9.59 Å². The second kappa shape index (κ2) is 6.85. The van der Waals surface area contributed by atoms with E-state index < -0.39 is 11.8 Å². The lowest BCUT2D eigenvalue weighted by molar-refractivity contribution is -0.135. The van der Waals surface area contributed by atoms with E-state index in [0.29, 0.717) is 17.9 Å². The van der Waals surface area contributed by atoms with Gasteiger partial charge in [-0.2, -0.15) is 0 Å². The maximum atomic E-state index is 12.2. The van der Waals surface area contributed by atoms with Gasteiger partial charge in [0.1, 0.15) is 18.1 Å². The number of imide groups is 1. The van der Waals surface area contributed by atoms with Gasteiger partial charge in [-0.1, -0.05) is 28.6 Å². The lowest BCUT2D eigenvalue weighted by Gasteiger charge is -2.08. The second-order valence-electron chi connectivity index (χ2n) is 4.43. The van der Waals surface area contributed by atoms with Gasteiger partial charge in [0, 0.05) is 17.0 Å². The monoisotopic (exact) mass is 380 g/mol. The average Bonchev–Trinajstić information content (AvgIpc) is 2.72. The van der Waals surface area contributed by atoms with Gasteiger partial charge in [-0.05, 0) is 36.5 Å². The van der Waals surface area contributed by atoms with Crippen LogP contribution in [0.1, 0.15) is 12.5 Å². The van der Waals surface area contributed by atoms with Crippen LogP contribution in [0.3, 0.4) is 0 Å². The van der Waals surface area contributed by atoms with E-state index in [9.17, 15) is 9.59 Å². The highest BCUT2D eigenvalue weighted by Crippen LogP contribution is 2.26. The van der Waals surface area contributed by atoms with Crippen molar-refractivity contribution in [2.24, 2.45) is 0 Å². The lowest BCUT2D eigenvalue weighted by Crippen LogP contribution is -2.34. The molecule has 1 heterocycles. The molecule has 0 radical (unpaired) electrons. The normalized spacial score (nSPS) is 15.9. The molecule has 0 atom stereocenters. The predicted octanol–water partition coefficient (Wildman–Crippen LogP) is 2.62. The maximum absolute atomic E-state index is 12.2. The van der Waals surface area contributed by atoms with Crippen LogP contribution in [0.15, 0.2) is 41.0 Å². The summed E-state index contributed by atoms with van der Waals surface area (Å²) >= 11 is 8.37. The summed E-state index contributed by atoms with van der Waals surface area (Å²) in [5.41, 5.74) is 0.905. The minimum atomic E-state index is -0.479. The number of carbonyl (C=O) groups is 2. The maximum Gasteiger partial charge on any atom is 0.283 e. The molecule has 0 aliphatic carbocycles. The van der Waals surface area contributed by atoms with Crippen molar-refractivity contribution in [2.75, 3.05) is 6.61 Å². The second-order valence-corrected chi connectivity index (χ2v) is 5.73. The zero-order valence-corrected chi connectivity index (χ0v) is 14.2. The highest BCUT2D eigenvalue weighted by Gasteiger charge is 2.33. The van der Waals surface area contributed by atoms with Crippen molar-refractivity contribution in [3.05, 3.63) is 46.6 Å². The number of hydrogen-bond donors (Lipinski definition) is 1. The standard InChI is InChI=1S/C15H13BrN2O3S/c1-3-6-21-13-5-4-11(16)7-10(13)8-12-14(20)18(9(2)19)15(22)17-12/h3-5,7-8H,1,6H2,2H3,(H,17,22)/b12-8+. The molecule has 0 aromatic heterocycles. The fraction of sp³-hybridized carbons (Fsp3) is 0.133. The minimum absolute atomic E-state index is 0.0762. The number of nitrogens with one attached hydrogen (secondary N) is 1. The molecule has 0 spiro atoms. The lowest BCUT2D eigenvalue weighted by atomic mass is 10.1. The zero-order valence-electron chi connectivity index (χ0n) is 11.8. The number of carbonyl (C=O) groups excluding carboxylic acids is 2. The van der Waals surface area contributed by atoms with Gasteiger partial charge in [-0.25, -0.2) is 4.90 Å². The molecule has 2 rings (SSSR count). The number of amides is 2. The van der Waals surface area contributed by atoms with Gasteiger partial charge in [0.05, 0.1) is 0 Å². The van der Waals surface area contributed by atoms with Gasteiger partial charge in [0.15, 0.2) is 5.11 Å². The molecule has 1 saturated heterocycles. The number of ether oxygens (including phenoxy) is 1. The fourth-order valence-electron chi connectivity index (χ4n) is 1.89. The average molecular weight is 381 g/mol. The molecule has 1 aliphatic rings. The Morgan fingerprint density at radius 1 is 1.55 bits per heavy atom. The largest absolute Gasteiger partial charge is 0.489 e. The summed E-state index contributed by atoms with van der Waals surface area (Å²) in [6.07, 6.45) is 3.23. The Morgan fingerprint density at radius 2 is 2.27 bits per heavy atom. The molecule has 1 aromatic carbocycles. The highest BCUT2D eigenvalue weighted by atomic mass is 79.9. The quantitative estimate of drug-likeness (QED) is 0.494. The number of halogens is 1. The molecule has 22 heavy (non-hydrogen) atoms. The van der Waals surface area contributed by atoms with Crippen molar-refractivity contribution in [1.82, 2.24) is 10.2 Å². The zero-order chi connectivity index (χ0) is 16.3. The highest BCUT2D eigenvalue weighted by molar-refractivity contribution is 9.10. The summed E-state index contributed by atoms with van der Waals surface area (Å²) in [5.74, 6) is -0.312. The Hall–Kier alpha value is -1.99. The Balaban J connectivity index is 2.38. The Labute approximate surface area is 141 Å². The molecule has 0 saturated carbocycles.